The van der Waals surface area contributed by atoms with Crippen molar-refractivity contribution in [1.82, 2.24) is 10.2 Å². The highest BCUT2D eigenvalue weighted by atomic mass is 16.8. The summed E-state index contributed by atoms with van der Waals surface area (Å²) >= 11 is 0. The average molecular weight is 388 g/mol. The average Bonchev–Trinajstić information content (AvgIpc) is 2.82. The van der Waals surface area contributed by atoms with E-state index in [-0.39, 0.29) is 12.3 Å². The lowest BCUT2D eigenvalue weighted by atomic mass is 10.0. The number of carbonyl (C=O) groups is 3. The number of nitrogens with zero attached hydrogens (tertiary/aromatic N) is 1. The number of carbonyl (C=O) groups excluding carboxylic acids is 2. The van der Waals surface area contributed by atoms with E-state index in [4.69, 9.17) is 14.2 Å². The van der Waals surface area contributed by atoms with E-state index in [1.165, 1.54) is 0 Å². The number of carboxylic acid groups (broad SMARTS) is 1. The largest absolute Gasteiger partial charge is 0.479 e. The smallest absolute Gasteiger partial charge is 0.407 e. The van der Waals surface area contributed by atoms with Gasteiger partial charge in [0.1, 0.15) is 11.7 Å². The van der Waals surface area contributed by atoms with Crippen molar-refractivity contribution >= 4 is 18.0 Å². The minimum absolute atomic E-state index is 0.130. The molecule has 0 aliphatic carbocycles. The summed E-state index contributed by atoms with van der Waals surface area (Å²) in [7, 11) is 0. The second-order valence-electron chi connectivity index (χ2n) is 7.88. The number of hydrogen-bond acceptors (Lipinski definition) is 6. The summed E-state index contributed by atoms with van der Waals surface area (Å²) in [5.41, 5.74) is -0.740. The van der Waals surface area contributed by atoms with Crippen LogP contribution in [0.4, 0.5) is 4.79 Å². The number of nitrogens with one attached hydrogen (secondary N) is 1. The molecule has 0 aromatic rings. The lowest BCUT2D eigenvalue weighted by molar-refractivity contribution is -0.166. The van der Waals surface area contributed by atoms with Gasteiger partial charge in [0.05, 0.1) is 6.04 Å². The Bertz CT molecular complexity index is 552. The van der Waals surface area contributed by atoms with Gasteiger partial charge in [-0.2, -0.15) is 0 Å². The summed E-state index contributed by atoms with van der Waals surface area (Å²) in [6.07, 6.45) is -3.24. The first-order valence-electron chi connectivity index (χ1n) is 9.15. The second kappa shape index (κ2) is 8.88. The Kier molecular flexibility index (Phi) is 7.62. The molecule has 0 unspecified atom stereocenters. The number of amides is 2. The fourth-order valence-electron chi connectivity index (χ4n) is 2.88. The molecule has 0 radical (unpaired) electrons. The molecule has 2 amide bonds. The molecule has 156 valence electrons. The van der Waals surface area contributed by atoms with Gasteiger partial charge in [-0.1, -0.05) is 0 Å². The van der Waals surface area contributed by atoms with Gasteiger partial charge in [0.25, 0.3) is 0 Å². The van der Waals surface area contributed by atoms with E-state index in [1.807, 2.05) is 13.8 Å². The molecule has 1 aliphatic rings. The van der Waals surface area contributed by atoms with Crippen LogP contribution in [0.15, 0.2) is 0 Å². The number of rotatable bonds is 7. The van der Waals surface area contributed by atoms with Crippen LogP contribution < -0.4 is 5.32 Å². The van der Waals surface area contributed by atoms with Gasteiger partial charge in [0.15, 0.2) is 11.9 Å². The molecule has 0 aromatic carbocycles. The Morgan fingerprint density at radius 1 is 1.19 bits per heavy atom. The second-order valence-corrected chi connectivity index (χ2v) is 7.88. The highest BCUT2D eigenvalue weighted by Gasteiger charge is 2.50. The summed E-state index contributed by atoms with van der Waals surface area (Å²) in [5, 5.41) is 12.1. The van der Waals surface area contributed by atoms with Gasteiger partial charge < -0.3 is 29.5 Å². The van der Waals surface area contributed by atoms with Crippen LogP contribution in [0.3, 0.4) is 0 Å². The van der Waals surface area contributed by atoms with Crippen molar-refractivity contribution in [2.75, 3.05) is 13.1 Å². The van der Waals surface area contributed by atoms with Crippen molar-refractivity contribution in [3.63, 3.8) is 0 Å². The zero-order chi connectivity index (χ0) is 21.0. The van der Waals surface area contributed by atoms with Gasteiger partial charge in [-0.05, 0) is 48.5 Å². The van der Waals surface area contributed by atoms with Crippen LogP contribution >= 0.6 is 0 Å². The zero-order valence-electron chi connectivity index (χ0n) is 17.2. The number of alkyl carbamates (subject to hydrolysis) is 1. The van der Waals surface area contributed by atoms with Gasteiger partial charge in [-0.3, -0.25) is 4.79 Å². The van der Waals surface area contributed by atoms with Crippen LogP contribution in [0, 0.1) is 0 Å². The molecule has 0 bridgehead atoms. The molecular weight excluding hydrogens is 356 g/mol. The predicted octanol–water partition coefficient (Wildman–Crippen LogP) is 1.74. The molecule has 9 nitrogen and oxygen atoms in total. The van der Waals surface area contributed by atoms with E-state index in [1.54, 1.807) is 39.5 Å². The molecule has 0 spiro atoms. The van der Waals surface area contributed by atoms with E-state index in [0.717, 1.165) is 0 Å². The van der Waals surface area contributed by atoms with Crippen molar-refractivity contribution in [1.29, 1.82) is 0 Å². The molecule has 1 saturated heterocycles. The monoisotopic (exact) mass is 388 g/mol. The number of hydrogen-bond donors (Lipinski definition) is 2. The van der Waals surface area contributed by atoms with Crippen LogP contribution in [-0.4, -0.2) is 70.7 Å². The van der Waals surface area contributed by atoms with Gasteiger partial charge >= 0.3 is 12.1 Å². The minimum atomic E-state index is -1.32. The van der Waals surface area contributed by atoms with Gasteiger partial charge in [0, 0.05) is 19.5 Å². The Hall–Kier alpha value is -1.87. The van der Waals surface area contributed by atoms with E-state index < -0.39 is 41.7 Å². The Morgan fingerprint density at radius 2 is 1.74 bits per heavy atom. The fraction of sp³-hybridized carbons (Fsp3) is 0.833. The molecule has 1 aliphatic heterocycles. The van der Waals surface area contributed by atoms with Crippen LogP contribution in [-0.2, 0) is 23.8 Å². The SMILES string of the molecule is CCN(CC)C(=O)C[C@H](NC(=O)OC(C)(C)C)[C@@H]1OC(C)(C)O[C@@H]1C(=O)O. The normalized spacial score (nSPS) is 22.8. The summed E-state index contributed by atoms with van der Waals surface area (Å²) in [5.74, 6) is -2.60. The first kappa shape index (κ1) is 23.2. The first-order valence-corrected chi connectivity index (χ1v) is 9.15. The summed E-state index contributed by atoms with van der Waals surface area (Å²) < 4.78 is 16.4. The Balaban J connectivity index is 3.07. The van der Waals surface area contributed by atoms with Crippen LogP contribution in [0.5, 0.6) is 0 Å². The molecule has 3 atom stereocenters. The third-order valence-corrected chi connectivity index (χ3v) is 3.98. The number of carboxylic acids is 1. The maximum Gasteiger partial charge on any atom is 0.407 e. The fourth-order valence-corrected chi connectivity index (χ4v) is 2.88. The summed E-state index contributed by atoms with van der Waals surface area (Å²) in [6, 6.07) is -0.921. The lowest BCUT2D eigenvalue weighted by Crippen LogP contribution is -2.52. The molecule has 1 rings (SSSR count). The van der Waals surface area contributed by atoms with Crippen molar-refractivity contribution < 1.29 is 33.7 Å². The van der Waals surface area contributed by atoms with Crippen LogP contribution in [0.2, 0.25) is 0 Å². The molecule has 27 heavy (non-hydrogen) atoms. The van der Waals surface area contributed by atoms with Crippen molar-refractivity contribution in [3.8, 4) is 0 Å². The van der Waals surface area contributed by atoms with Crippen LogP contribution in [0.1, 0.15) is 54.9 Å². The number of ether oxygens (including phenoxy) is 3. The van der Waals surface area contributed by atoms with Crippen molar-refractivity contribution in [3.05, 3.63) is 0 Å². The van der Waals surface area contributed by atoms with E-state index in [0.29, 0.717) is 13.1 Å². The van der Waals surface area contributed by atoms with Gasteiger partial charge in [-0.15, -0.1) is 0 Å². The maximum atomic E-state index is 12.6. The molecule has 2 N–H and O–H groups in total. The molecule has 0 aromatic heterocycles. The highest BCUT2D eigenvalue weighted by molar-refractivity contribution is 5.79. The van der Waals surface area contributed by atoms with Crippen molar-refractivity contribution in [2.45, 2.75) is 84.5 Å². The van der Waals surface area contributed by atoms with E-state index in [9.17, 15) is 19.5 Å². The molecule has 9 heteroatoms. The van der Waals surface area contributed by atoms with E-state index >= 15 is 0 Å². The van der Waals surface area contributed by atoms with E-state index in [2.05, 4.69) is 5.32 Å². The first-order chi connectivity index (χ1) is 12.3. The standard InChI is InChI=1S/C18H32N2O7/c1-8-20(9-2)12(21)10-11(19-16(24)27-17(3,4)5)13-14(15(22)23)26-18(6,7)25-13/h11,13-14H,8-10H2,1-7H3,(H,19,24)(H,22,23)/t11-,13-,14-/m0/s1. The summed E-state index contributed by atoms with van der Waals surface area (Å²) in [6.45, 7) is 13.0. The predicted molar refractivity (Wildman–Crippen MR) is 97.2 cm³/mol. The molecule has 0 saturated carbocycles. The van der Waals surface area contributed by atoms with Crippen molar-refractivity contribution in [2.24, 2.45) is 0 Å². The molecule has 1 fully saturated rings. The maximum absolute atomic E-state index is 12.6. The molecule has 1 heterocycles. The number of aliphatic carboxylic acids is 1. The topological polar surface area (TPSA) is 114 Å². The Labute approximate surface area is 160 Å². The van der Waals surface area contributed by atoms with Gasteiger partial charge in [0.2, 0.25) is 5.91 Å². The minimum Gasteiger partial charge on any atom is -0.479 e. The summed E-state index contributed by atoms with van der Waals surface area (Å²) in [4.78, 5) is 38.0. The van der Waals surface area contributed by atoms with Gasteiger partial charge in [-0.25, -0.2) is 9.59 Å². The highest BCUT2D eigenvalue weighted by Crippen LogP contribution is 2.31. The zero-order valence-corrected chi connectivity index (χ0v) is 17.2. The van der Waals surface area contributed by atoms with Crippen LogP contribution in [0.25, 0.3) is 0 Å². The third kappa shape index (κ3) is 6.99. The quantitative estimate of drug-likeness (QED) is 0.683. The lowest BCUT2D eigenvalue weighted by Gasteiger charge is -2.29. The third-order valence-electron chi connectivity index (χ3n) is 3.98. The Morgan fingerprint density at radius 3 is 2.19 bits per heavy atom. The molecular formula is C18H32N2O7.